The van der Waals surface area contributed by atoms with Crippen LogP contribution in [0.2, 0.25) is 0 Å². The van der Waals surface area contributed by atoms with E-state index in [1.54, 1.807) is 0 Å². The predicted molar refractivity (Wildman–Crippen MR) is 95.4 cm³/mol. The lowest BCUT2D eigenvalue weighted by atomic mass is 10.1. The maximum Gasteiger partial charge on any atom is 0.238 e. The largest absolute Gasteiger partial charge is 0.353 e. The minimum Gasteiger partial charge on any atom is -0.353 e. The van der Waals surface area contributed by atoms with E-state index < -0.39 is 10.0 Å². The number of carbonyl (C=O) groups excluding carboxylic acids is 1. The summed E-state index contributed by atoms with van der Waals surface area (Å²) in [5.74, 6) is -0.121. The van der Waals surface area contributed by atoms with E-state index in [0.29, 0.717) is 12.2 Å². The topological polar surface area (TPSA) is 97.4 Å². The molecule has 2 heterocycles. The highest BCUT2D eigenvalue weighted by Gasteiger charge is 2.28. The van der Waals surface area contributed by atoms with Gasteiger partial charge in [-0.25, -0.2) is 13.6 Å². The summed E-state index contributed by atoms with van der Waals surface area (Å²) in [7, 11) is -1.71. The van der Waals surface area contributed by atoms with Crippen LogP contribution in [0.25, 0.3) is 0 Å². The Labute approximate surface area is 147 Å². The van der Waals surface area contributed by atoms with Gasteiger partial charge < -0.3 is 9.88 Å². The van der Waals surface area contributed by atoms with Crippen molar-refractivity contribution in [1.82, 2.24) is 9.47 Å². The van der Waals surface area contributed by atoms with E-state index in [9.17, 15) is 13.2 Å². The Kier molecular flexibility index (Phi) is 4.94. The molecule has 1 aromatic heterocycles. The van der Waals surface area contributed by atoms with Gasteiger partial charge in [-0.2, -0.15) is 0 Å². The second kappa shape index (κ2) is 6.99. The molecule has 0 saturated carbocycles. The average molecular weight is 362 g/mol. The smallest absolute Gasteiger partial charge is 0.238 e. The molecule has 0 bridgehead atoms. The molecule has 7 nitrogen and oxygen atoms in total. The summed E-state index contributed by atoms with van der Waals surface area (Å²) in [5, 5.41) is 7.87. The molecule has 25 heavy (non-hydrogen) atoms. The number of amides is 1. The molecule has 3 N–H and O–H groups in total. The van der Waals surface area contributed by atoms with E-state index in [1.807, 2.05) is 19.3 Å². The van der Waals surface area contributed by atoms with Crippen molar-refractivity contribution in [1.29, 1.82) is 0 Å². The van der Waals surface area contributed by atoms with Crippen molar-refractivity contribution in [3.8, 4) is 0 Å². The van der Waals surface area contributed by atoms with Gasteiger partial charge >= 0.3 is 0 Å². The number of benzene rings is 1. The van der Waals surface area contributed by atoms with Crippen LogP contribution in [0.4, 0.5) is 5.69 Å². The highest BCUT2D eigenvalue weighted by atomic mass is 32.2. The van der Waals surface area contributed by atoms with Gasteiger partial charge in [-0.3, -0.25) is 9.69 Å². The van der Waals surface area contributed by atoms with Crippen LogP contribution in [0.3, 0.4) is 0 Å². The van der Waals surface area contributed by atoms with Gasteiger partial charge in [-0.1, -0.05) is 0 Å². The molecule has 0 radical (unpaired) electrons. The number of anilines is 1. The number of carbonyl (C=O) groups is 1. The Morgan fingerprint density at radius 2 is 2.00 bits per heavy atom. The number of nitrogens with zero attached hydrogens (tertiary/aromatic N) is 2. The first-order valence-electron chi connectivity index (χ1n) is 8.12. The van der Waals surface area contributed by atoms with E-state index >= 15 is 0 Å². The van der Waals surface area contributed by atoms with Crippen molar-refractivity contribution in [2.75, 3.05) is 18.4 Å². The van der Waals surface area contributed by atoms with Crippen molar-refractivity contribution in [3.05, 3.63) is 48.3 Å². The van der Waals surface area contributed by atoms with Crippen LogP contribution in [-0.2, 0) is 21.9 Å². The molecule has 0 spiro atoms. The monoisotopic (exact) mass is 362 g/mol. The van der Waals surface area contributed by atoms with Crippen molar-refractivity contribution in [2.24, 2.45) is 12.2 Å². The van der Waals surface area contributed by atoms with E-state index in [-0.39, 0.29) is 16.8 Å². The molecule has 1 saturated heterocycles. The summed E-state index contributed by atoms with van der Waals surface area (Å²) in [5.41, 5.74) is 1.76. The van der Waals surface area contributed by atoms with Crippen LogP contribution in [0, 0.1) is 0 Å². The molecule has 0 aliphatic carbocycles. The fraction of sp³-hybridized carbons (Fsp3) is 0.353. The molecule has 1 amide bonds. The van der Waals surface area contributed by atoms with Crippen molar-refractivity contribution >= 4 is 21.6 Å². The minimum atomic E-state index is -3.73. The second-order valence-electron chi connectivity index (χ2n) is 6.29. The zero-order valence-electron chi connectivity index (χ0n) is 14.1. The highest BCUT2D eigenvalue weighted by Crippen LogP contribution is 2.31. The number of hydrogen-bond acceptors (Lipinski definition) is 4. The normalized spacial score (nSPS) is 18.4. The molecule has 134 valence electrons. The second-order valence-corrected chi connectivity index (χ2v) is 7.85. The van der Waals surface area contributed by atoms with Crippen LogP contribution < -0.4 is 10.5 Å². The summed E-state index contributed by atoms with van der Waals surface area (Å²) in [6.45, 7) is 1.18. The van der Waals surface area contributed by atoms with E-state index in [2.05, 4.69) is 20.9 Å². The standard InChI is InChI=1S/C17H22N4O3S/c1-20-10-2-4-15(20)16-5-3-11-21(16)12-17(22)19-13-6-8-14(9-7-13)25(18,23)24/h2,4,6-10,16H,3,5,11-12H2,1H3,(H,19,22)(H2,18,23,24)/t16-/m0/s1. The number of nitrogens with one attached hydrogen (secondary N) is 1. The first kappa shape index (κ1) is 17.7. The fourth-order valence-corrected chi connectivity index (χ4v) is 3.80. The molecule has 1 aliphatic rings. The first-order chi connectivity index (χ1) is 11.8. The number of hydrogen-bond donors (Lipinski definition) is 2. The zero-order valence-corrected chi connectivity index (χ0v) is 14.9. The molecular weight excluding hydrogens is 340 g/mol. The zero-order chi connectivity index (χ0) is 18.0. The van der Waals surface area contributed by atoms with E-state index in [0.717, 1.165) is 19.4 Å². The number of aryl methyl sites for hydroxylation is 1. The van der Waals surface area contributed by atoms with Crippen LogP contribution in [0.15, 0.2) is 47.5 Å². The number of rotatable bonds is 5. The fourth-order valence-electron chi connectivity index (χ4n) is 3.28. The van der Waals surface area contributed by atoms with Gasteiger partial charge in [-0.15, -0.1) is 0 Å². The van der Waals surface area contributed by atoms with Crippen molar-refractivity contribution in [3.63, 3.8) is 0 Å². The van der Waals surface area contributed by atoms with Gasteiger partial charge in [0.25, 0.3) is 0 Å². The third-order valence-corrected chi connectivity index (χ3v) is 5.43. The molecule has 2 aromatic rings. The number of primary sulfonamides is 1. The van der Waals surface area contributed by atoms with Gasteiger partial charge in [0.15, 0.2) is 0 Å². The first-order valence-corrected chi connectivity index (χ1v) is 9.67. The number of sulfonamides is 1. The van der Waals surface area contributed by atoms with Crippen LogP contribution >= 0.6 is 0 Å². The number of nitrogens with two attached hydrogens (primary N) is 1. The molecular formula is C17H22N4O3S. The van der Waals surface area contributed by atoms with Gasteiger partial charge in [0, 0.05) is 24.6 Å². The number of likely N-dealkylation sites (tertiary alicyclic amines) is 1. The predicted octanol–water partition coefficient (Wildman–Crippen LogP) is 1.45. The van der Waals surface area contributed by atoms with Crippen molar-refractivity contribution < 1.29 is 13.2 Å². The molecule has 1 fully saturated rings. The van der Waals surface area contributed by atoms with E-state index in [4.69, 9.17) is 5.14 Å². The van der Waals surface area contributed by atoms with Gasteiger partial charge in [-0.05, 0) is 55.8 Å². The summed E-state index contributed by atoms with van der Waals surface area (Å²) < 4.78 is 24.6. The Bertz CT molecular complexity index is 858. The molecule has 1 aliphatic heterocycles. The molecule has 1 aromatic carbocycles. The van der Waals surface area contributed by atoms with Gasteiger partial charge in [0.1, 0.15) is 0 Å². The summed E-state index contributed by atoms with van der Waals surface area (Å²) in [6.07, 6.45) is 4.11. The molecule has 0 unspecified atom stereocenters. The summed E-state index contributed by atoms with van der Waals surface area (Å²) in [6, 6.07) is 10.2. The number of aromatic nitrogens is 1. The molecule has 3 rings (SSSR count). The highest BCUT2D eigenvalue weighted by molar-refractivity contribution is 7.89. The summed E-state index contributed by atoms with van der Waals surface area (Å²) in [4.78, 5) is 14.5. The summed E-state index contributed by atoms with van der Waals surface area (Å²) >= 11 is 0. The average Bonchev–Trinajstić information content (AvgIpc) is 3.15. The Morgan fingerprint density at radius 3 is 2.60 bits per heavy atom. The lowest BCUT2D eigenvalue weighted by molar-refractivity contribution is -0.117. The van der Waals surface area contributed by atoms with E-state index in [1.165, 1.54) is 30.0 Å². The third kappa shape index (κ3) is 4.09. The van der Waals surface area contributed by atoms with Crippen molar-refractivity contribution in [2.45, 2.75) is 23.8 Å². The van der Waals surface area contributed by atoms with Crippen LogP contribution in [0.5, 0.6) is 0 Å². The van der Waals surface area contributed by atoms with Crippen LogP contribution in [0.1, 0.15) is 24.6 Å². The maximum atomic E-state index is 12.3. The maximum absolute atomic E-state index is 12.3. The quantitative estimate of drug-likeness (QED) is 0.841. The Hall–Kier alpha value is -2.16. The Balaban J connectivity index is 1.63. The third-order valence-electron chi connectivity index (χ3n) is 4.50. The molecule has 1 atom stereocenters. The lowest BCUT2D eigenvalue weighted by Gasteiger charge is -2.24. The Morgan fingerprint density at radius 1 is 1.28 bits per heavy atom. The molecule has 8 heteroatoms. The SMILES string of the molecule is Cn1cccc1[C@@H]1CCCN1CC(=O)Nc1ccc(S(N)(=O)=O)cc1. The van der Waals surface area contributed by atoms with Gasteiger partial charge in [0.2, 0.25) is 15.9 Å². The van der Waals surface area contributed by atoms with Gasteiger partial charge in [0.05, 0.1) is 17.5 Å². The minimum absolute atomic E-state index is 0.0220. The lowest BCUT2D eigenvalue weighted by Crippen LogP contribution is -2.33. The van der Waals surface area contributed by atoms with Crippen LogP contribution in [-0.4, -0.2) is 36.9 Å².